The highest BCUT2D eigenvalue weighted by Crippen LogP contribution is 2.22. The van der Waals surface area contributed by atoms with Gasteiger partial charge in [0.1, 0.15) is 0 Å². The van der Waals surface area contributed by atoms with E-state index in [0.29, 0.717) is 23.5 Å². The summed E-state index contributed by atoms with van der Waals surface area (Å²) in [5.41, 5.74) is 2.31. The van der Waals surface area contributed by atoms with Gasteiger partial charge in [-0.05, 0) is 37.6 Å². The van der Waals surface area contributed by atoms with Crippen molar-refractivity contribution in [3.63, 3.8) is 0 Å². The van der Waals surface area contributed by atoms with Crippen LogP contribution >= 0.6 is 15.9 Å². The van der Waals surface area contributed by atoms with Gasteiger partial charge in [-0.2, -0.15) is 4.31 Å². The number of ketones is 1. The average Bonchev–Trinajstić information content (AvgIpc) is 2.72. The predicted octanol–water partition coefficient (Wildman–Crippen LogP) is 3.56. The van der Waals surface area contributed by atoms with Gasteiger partial charge in [-0.15, -0.1) is 0 Å². The van der Waals surface area contributed by atoms with E-state index in [-0.39, 0.29) is 37.6 Å². The second-order valence-electron chi connectivity index (χ2n) is 7.48. The number of piperazine rings is 1. The first-order valence-electron chi connectivity index (χ1n) is 9.82. The van der Waals surface area contributed by atoms with Crippen LogP contribution < -0.4 is 0 Å². The van der Waals surface area contributed by atoms with E-state index in [1.807, 2.05) is 13.0 Å². The molecule has 3 rings (SSSR count). The molecular weight excluding hydrogens is 468 g/mol. The van der Waals surface area contributed by atoms with Crippen molar-refractivity contribution >= 4 is 37.6 Å². The van der Waals surface area contributed by atoms with Crippen molar-refractivity contribution < 1.29 is 18.0 Å². The summed E-state index contributed by atoms with van der Waals surface area (Å²) in [4.78, 5) is 26.7. The standard InChI is InChI=1S/C22H25BrN2O4S/c1-16-3-9-21(17(2)15-16)30(28,29)25-13-11-24(12-14-25)22(27)10-8-20(26)18-4-6-19(23)7-5-18/h3-7,9,15H,8,10-14H2,1-2H3. The lowest BCUT2D eigenvalue weighted by Gasteiger charge is -2.34. The van der Waals surface area contributed by atoms with E-state index in [2.05, 4.69) is 15.9 Å². The van der Waals surface area contributed by atoms with Gasteiger partial charge in [-0.25, -0.2) is 8.42 Å². The van der Waals surface area contributed by atoms with Gasteiger partial charge in [-0.1, -0.05) is 45.8 Å². The monoisotopic (exact) mass is 492 g/mol. The molecule has 160 valence electrons. The summed E-state index contributed by atoms with van der Waals surface area (Å²) in [7, 11) is -3.59. The molecule has 1 amide bonds. The molecule has 2 aromatic carbocycles. The zero-order valence-electron chi connectivity index (χ0n) is 17.1. The molecule has 0 N–H and O–H groups in total. The number of hydrogen-bond acceptors (Lipinski definition) is 4. The Labute approximate surface area is 186 Å². The molecule has 0 bridgehead atoms. The number of carbonyl (C=O) groups excluding carboxylic acids is 2. The second kappa shape index (κ2) is 9.41. The van der Waals surface area contributed by atoms with E-state index in [9.17, 15) is 18.0 Å². The van der Waals surface area contributed by atoms with Gasteiger partial charge in [-0.3, -0.25) is 9.59 Å². The lowest BCUT2D eigenvalue weighted by Crippen LogP contribution is -2.50. The first-order chi connectivity index (χ1) is 14.2. The minimum atomic E-state index is -3.59. The van der Waals surface area contributed by atoms with Crippen LogP contribution in [0.4, 0.5) is 0 Å². The summed E-state index contributed by atoms with van der Waals surface area (Å²) in [6, 6.07) is 12.3. The lowest BCUT2D eigenvalue weighted by molar-refractivity contribution is -0.132. The van der Waals surface area contributed by atoms with Gasteiger partial charge in [0.15, 0.2) is 5.78 Å². The predicted molar refractivity (Wildman–Crippen MR) is 119 cm³/mol. The van der Waals surface area contributed by atoms with Crippen LogP contribution in [0.2, 0.25) is 0 Å². The molecule has 0 unspecified atom stereocenters. The van der Waals surface area contributed by atoms with Gasteiger partial charge < -0.3 is 4.90 Å². The fourth-order valence-electron chi connectivity index (χ4n) is 3.56. The average molecular weight is 493 g/mol. The molecule has 1 aliphatic rings. The number of Topliss-reactive ketones (excluding diaryl/α,β-unsaturated/α-hetero) is 1. The van der Waals surface area contributed by atoms with Crippen molar-refractivity contribution in [2.75, 3.05) is 26.2 Å². The molecule has 1 fully saturated rings. The van der Waals surface area contributed by atoms with Crippen molar-refractivity contribution in [1.82, 2.24) is 9.21 Å². The van der Waals surface area contributed by atoms with Crippen LogP contribution in [0.25, 0.3) is 0 Å². The van der Waals surface area contributed by atoms with Gasteiger partial charge in [0.2, 0.25) is 15.9 Å². The zero-order chi connectivity index (χ0) is 21.9. The quantitative estimate of drug-likeness (QED) is 0.577. The van der Waals surface area contributed by atoms with Crippen molar-refractivity contribution in [2.45, 2.75) is 31.6 Å². The number of halogens is 1. The van der Waals surface area contributed by atoms with Crippen LogP contribution in [0.15, 0.2) is 51.8 Å². The third kappa shape index (κ3) is 5.17. The van der Waals surface area contributed by atoms with Gasteiger partial charge in [0.05, 0.1) is 4.90 Å². The molecule has 0 radical (unpaired) electrons. The molecule has 0 aliphatic carbocycles. The maximum absolute atomic E-state index is 13.0. The molecule has 0 aromatic heterocycles. The maximum Gasteiger partial charge on any atom is 0.243 e. The highest BCUT2D eigenvalue weighted by Gasteiger charge is 2.31. The third-order valence-electron chi connectivity index (χ3n) is 5.27. The Morgan fingerprint density at radius 2 is 1.57 bits per heavy atom. The van der Waals surface area contributed by atoms with E-state index >= 15 is 0 Å². The first-order valence-corrected chi connectivity index (χ1v) is 12.1. The molecular formula is C22H25BrN2O4S. The number of sulfonamides is 1. The number of rotatable bonds is 6. The largest absolute Gasteiger partial charge is 0.340 e. The van der Waals surface area contributed by atoms with Crippen molar-refractivity contribution in [1.29, 1.82) is 0 Å². The molecule has 6 nitrogen and oxygen atoms in total. The fourth-order valence-corrected chi connectivity index (χ4v) is 5.46. The second-order valence-corrected chi connectivity index (χ2v) is 10.3. The van der Waals surface area contributed by atoms with Gasteiger partial charge in [0.25, 0.3) is 0 Å². The number of aryl methyl sites for hydroxylation is 2. The SMILES string of the molecule is Cc1ccc(S(=O)(=O)N2CCN(C(=O)CCC(=O)c3ccc(Br)cc3)CC2)c(C)c1. The van der Waals surface area contributed by atoms with Crippen LogP contribution in [-0.4, -0.2) is 55.5 Å². The Bertz CT molecular complexity index is 1040. The van der Waals surface area contributed by atoms with E-state index < -0.39 is 10.0 Å². The Kier molecular flexibility index (Phi) is 7.10. The van der Waals surface area contributed by atoms with Crippen LogP contribution in [0, 0.1) is 13.8 Å². The highest BCUT2D eigenvalue weighted by molar-refractivity contribution is 9.10. The minimum absolute atomic E-state index is 0.0769. The number of nitrogens with zero attached hydrogens (tertiary/aromatic N) is 2. The molecule has 2 aromatic rings. The van der Waals surface area contributed by atoms with E-state index in [1.54, 1.807) is 48.2 Å². The number of amides is 1. The fraction of sp³-hybridized carbons (Fsp3) is 0.364. The summed E-state index contributed by atoms with van der Waals surface area (Å²) in [6.45, 7) is 4.88. The van der Waals surface area contributed by atoms with Gasteiger partial charge >= 0.3 is 0 Å². The molecule has 1 aliphatic heterocycles. The summed E-state index contributed by atoms with van der Waals surface area (Å²) in [5.74, 6) is -0.198. The highest BCUT2D eigenvalue weighted by atomic mass is 79.9. The number of benzene rings is 2. The summed E-state index contributed by atoms with van der Waals surface area (Å²) in [6.07, 6.45) is 0.264. The van der Waals surface area contributed by atoms with Crippen molar-refractivity contribution in [2.24, 2.45) is 0 Å². The smallest absolute Gasteiger partial charge is 0.243 e. The molecule has 1 saturated heterocycles. The minimum Gasteiger partial charge on any atom is -0.340 e. The summed E-state index contributed by atoms with van der Waals surface area (Å²) in [5, 5.41) is 0. The maximum atomic E-state index is 13.0. The molecule has 30 heavy (non-hydrogen) atoms. The van der Waals surface area contributed by atoms with Crippen LogP contribution in [-0.2, 0) is 14.8 Å². The number of carbonyl (C=O) groups is 2. The normalized spacial score (nSPS) is 15.2. The molecule has 8 heteroatoms. The van der Waals surface area contributed by atoms with Gasteiger partial charge in [0, 0.05) is 49.1 Å². The summed E-state index contributed by atoms with van der Waals surface area (Å²) >= 11 is 3.33. The Morgan fingerprint density at radius 3 is 2.17 bits per heavy atom. The van der Waals surface area contributed by atoms with Crippen molar-refractivity contribution in [3.8, 4) is 0 Å². The van der Waals surface area contributed by atoms with E-state index in [4.69, 9.17) is 0 Å². The summed E-state index contributed by atoms with van der Waals surface area (Å²) < 4.78 is 28.3. The molecule has 0 spiro atoms. The Balaban J connectivity index is 1.55. The topological polar surface area (TPSA) is 74.8 Å². The van der Waals surface area contributed by atoms with Crippen LogP contribution in [0.1, 0.15) is 34.3 Å². The Hall–Kier alpha value is -2.03. The van der Waals surface area contributed by atoms with Crippen molar-refractivity contribution in [3.05, 3.63) is 63.6 Å². The van der Waals surface area contributed by atoms with E-state index in [1.165, 1.54) is 4.31 Å². The third-order valence-corrected chi connectivity index (χ3v) is 7.86. The lowest BCUT2D eigenvalue weighted by atomic mass is 10.1. The zero-order valence-corrected chi connectivity index (χ0v) is 19.5. The molecule has 1 heterocycles. The van der Waals surface area contributed by atoms with E-state index in [0.717, 1.165) is 15.6 Å². The van der Waals surface area contributed by atoms with Crippen LogP contribution in [0.5, 0.6) is 0 Å². The van der Waals surface area contributed by atoms with Crippen LogP contribution in [0.3, 0.4) is 0 Å². The Morgan fingerprint density at radius 1 is 0.933 bits per heavy atom. The molecule has 0 saturated carbocycles. The first kappa shape index (κ1) is 22.7. The molecule has 0 atom stereocenters. The number of hydrogen-bond donors (Lipinski definition) is 0.